The van der Waals surface area contributed by atoms with Crippen LogP contribution in [0.4, 0.5) is 0 Å². The molecule has 1 fully saturated rings. The van der Waals surface area contributed by atoms with Crippen molar-refractivity contribution in [3.63, 3.8) is 0 Å². The van der Waals surface area contributed by atoms with Crippen molar-refractivity contribution in [2.45, 2.75) is 51.5 Å². The zero-order valence-electron chi connectivity index (χ0n) is 11.3. The number of nitrogens with zero attached hydrogens (tertiary/aromatic N) is 2. The molecule has 0 radical (unpaired) electrons. The smallest absolute Gasteiger partial charge is 0.228 e. The number of likely N-dealkylation sites (N-methyl/N-ethyl adjacent to an activating group) is 1. The van der Waals surface area contributed by atoms with Crippen molar-refractivity contribution in [1.82, 2.24) is 10.1 Å². The van der Waals surface area contributed by atoms with Crippen LogP contribution in [0.1, 0.15) is 44.7 Å². The van der Waals surface area contributed by atoms with E-state index in [1.54, 1.807) is 6.07 Å². The van der Waals surface area contributed by atoms with Gasteiger partial charge in [-0.3, -0.25) is 4.79 Å². The lowest BCUT2D eigenvalue weighted by Crippen LogP contribution is -2.44. The largest absolute Gasteiger partial charge is 0.364 e. The molecule has 2 unspecified atom stereocenters. The van der Waals surface area contributed by atoms with Crippen LogP contribution >= 0.6 is 0 Å². The van der Waals surface area contributed by atoms with Crippen LogP contribution < -0.4 is 0 Å². The fourth-order valence-corrected chi connectivity index (χ4v) is 2.97. The highest BCUT2D eigenvalue weighted by atomic mass is 16.5. The van der Waals surface area contributed by atoms with E-state index in [2.05, 4.69) is 12.1 Å². The van der Waals surface area contributed by atoms with Gasteiger partial charge < -0.3 is 9.42 Å². The van der Waals surface area contributed by atoms with E-state index in [9.17, 15) is 4.79 Å². The van der Waals surface area contributed by atoms with Crippen LogP contribution in [-0.4, -0.2) is 29.1 Å². The Morgan fingerprint density at radius 2 is 2.28 bits per heavy atom. The Labute approximate surface area is 108 Å². The monoisotopic (exact) mass is 250 g/mol. The molecule has 100 valence electrons. The molecule has 0 saturated heterocycles. The standard InChI is InChI=1S/C14H22N2O2/c1-3-11-6-4-5-7-13(11)16(2)14(17)10-12-8-9-18-15-12/h8-9,11,13H,3-7,10H2,1-2H3. The number of hydrogen-bond donors (Lipinski definition) is 0. The zero-order chi connectivity index (χ0) is 13.0. The van der Waals surface area contributed by atoms with Crippen molar-refractivity contribution in [1.29, 1.82) is 0 Å². The highest BCUT2D eigenvalue weighted by Gasteiger charge is 2.29. The molecule has 4 nitrogen and oxygen atoms in total. The Balaban J connectivity index is 1.96. The molecule has 1 saturated carbocycles. The maximum Gasteiger partial charge on any atom is 0.228 e. The molecule has 1 amide bonds. The van der Waals surface area contributed by atoms with Crippen LogP contribution in [0.25, 0.3) is 0 Å². The third kappa shape index (κ3) is 2.92. The first kappa shape index (κ1) is 13.1. The third-order valence-electron chi connectivity index (χ3n) is 4.11. The second kappa shape index (κ2) is 6.03. The number of hydrogen-bond acceptors (Lipinski definition) is 3. The first-order valence-electron chi connectivity index (χ1n) is 6.87. The first-order valence-corrected chi connectivity index (χ1v) is 6.87. The number of aromatic nitrogens is 1. The predicted octanol–water partition coefficient (Wildman–Crippen LogP) is 2.64. The van der Waals surface area contributed by atoms with Gasteiger partial charge in [-0.1, -0.05) is 31.3 Å². The van der Waals surface area contributed by atoms with Crippen LogP contribution in [0.5, 0.6) is 0 Å². The maximum absolute atomic E-state index is 12.2. The second-order valence-corrected chi connectivity index (χ2v) is 5.19. The van der Waals surface area contributed by atoms with Crippen molar-refractivity contribution in [2.24, 2.45) is 5.92 Å². The van der Waals surface area contributed by atoms with Gasteiger partial charge in [0, 0.05) is 19.2 Å². The van der Waals surface area contributed by atoms with E-state index in [1.807, 2.05) is 11.9 Å². The molecule has 0 aromatic carbocycles. The predicted molar refractivity (Wildman–Crippen MR) is 69.0 cm³/mol. The number of carbonyl (C=O) groups is 1. The van der Waals surface area contributed by atoms with E-state index < -0.39 is 0 Å². The molecule has 1 aromatic rings. The highest BCUT2D eigenvalue weighted by Crippen LogP contribution is 2.30. The first-order chi connectivity index (χ1) is 8.72. The van der Waals surface area contributed by atoms with Gasteiger partial charge in [0.15, 0.2) is 0 Å². The summed E-state index contributed by atoms with van der Waals surface area (Å²) in [6.07, 6.45) is 7.95. The van der Waals surface area contributed by atoms with E-state index in [0.717, 1.165) is 18.5 Å². The zero-order valence-corrected chi connectivity index (χ0v) is 11.3. The molecule has 4 heteroatoms. The molecule has 0 N–H and O–H groups in total. The molecule has 0 spiro atoms. The van der Waals surface area contributed by atoms with E-state index >= 15 is 0 Å². The Hall–Kier alpha value is -1.32. The van der Waals surface area contributed by atoms with Gasteiger partial charge in [-0.05, 0) is 18.8 Å². The van der Waals surface area contributed by atoms with Crippen molar-refractivity contribution in [3.8, 4) is 0 Å². The van der Waals surface area contributed by atoms with E-state index in [0.29, 0.717) is 18.4 Å². The van der Waals surface area contributed by atoms with Gasteiger partial charge in [-0.15, -0.1) is 0 Å². The van der Waals surface area contributed by atoms with Gasteiger partial charge in [0.25, 0.3) is 0 Å². The van der Waals surface area contributed by atoms with Crippen molar-refractivity contribution in [2.75, 3.05) is 7.05 Å². The molecule has 2 atom stereocenters. The summed E-state index contributed by atoms with van der Waals surface area (Å²) < 4.78 is 4.76. The van der Waals surface area contributed by atoms with Crippen LogP contribution in [0.15, 0.2) is 16.9 Å². The highest BCUT2D eigenvalue weighted by molar-refractivity contribution is 5.78. The second-order valence-electron chi connectivity index (χ2n) is 5.19. The minimum absolute atomic E-state index is 0.147. The lowest BCUT2D eigenvalue weighted by Gasteiger charge is -2.37. The van der Waals surface area contributed by atoms with Crippen LogP contribution in [0, 0.1) is 5.92 Å². The van der Waals surface area contributed by atoms with Crippen LogP contribution in [0.2, 0.25) is 0 Å². The molecule has 18 heavy (non-hydrogen) atoms. The van der Waals surface area contributed by atoms with Gasteiger partial charge in [-0.2, -0.15) is 0 Å². The summed E-state index contributed by atoms with van der Waals surface area (Å²) in [5.74, 6) is 0.805. The maximum atomic E-state index is 12.2. The molecule has 0 bridgehead atoms. The molecular weight excluding hydrogens is 228 g/mol. The normalized spacial score (nSPS) is 23.9. The Kier molecular flexibility index (Phi) is 4.39. The van der Waals surface area contributed by atoms with E-state index in [4.69, 9.17) is 4.52 Å². The van der Waals surface area contributed by atoms with Gasteiger partial charge in [0.05, 0.1) is 12.1 Å². The lowest BCUT2D eigenvalue weighted by atomic mass is 9.82. The topological polar surface area (TPSA) is 46.3 Å². The van der Waals surface area contributed by atoms with Crippen molar-refractivity contribution >= 4 is 5.91 Å². The summed E-state index contributed by atoms with van der Waals surface area (Å²) in [6.45, 7) is 2.22. The van der Waals surface area contributed by atoms with Crippen LogP contribution in [-0.2, 0) is 11.2 Å². The minimum atomic E-state index is 0.147. The SMILES string of the molecule is CCC1CCCCC1N(C)C(=O)Cc1ccon1. The summed E-state index contributed by atoms with van der Waals surface area (Å²) in [6, 6.07) is 2.16. The molecule has 1 aromatic heterocycles. The minimum Gasteiger partial charge on any atom is -0.364 e. The van der Waals surface area contributed by atoms with Gasteiger partial charge in [0.2, 0.25) is 5.91 Å². The van der Waals surface area contributed by atoms with Gasteiger partial charge >= 0.3 is 0 Å². The Morgan fingerprint density at radius 1 is 1.50 bits per heavy atom. The molecule has 0 aliphatic heterocycles. The number of carbonyl (C=O) groups excluding carboxylic acids is 1. The van der Waals surface area contributed by atoms with Crippen molar-refractivity contribution < 1.29 is 9.32 Å². The Morgan fingerprint density at radius 3 is 2.94 bits per heavy atom. The summed E-state index contributed by atoms with van der Waals surface area (Å²) in [5, 5.41) is 3.80. The summed E-state index contributed by atoms with van der Waals surface area (Å²) >= 11 is 0. The van der Waals surface area contributed by atoms with Crippen molar-refractivity contribution in [3.05, 3.63) is 18.0 Å². The molecular formula is C14H22N2O2. The fraction of sp³-hybridized carbons (Fsp3) is 0.714. The van der Waals surface area contributed by atoms with E-state index in [-0.39, 0.29) is 5.91 Å². The summed E-state index contributed by atoms with van der Waals surface area (Å²) in [7, 11) is 1.93. The molecule has 1 aliphatic carbocycles. The molecule has 2 rings (SSSR count). The average Bonchev–Trinajstić information content (AvgIpc) is 2.90. The molecule has 1 aliphatic rings. The number of amides is 1. The quantitative estimate of drug-likeness (QED) is 0.825. The Bertz CT molecular complexity index is 375. The number of rotatable bonds is 4. The fourth-order valence-electron chi connectivity index (χ4n) is 2.97. The summed E-state index contributed by atoms with van der Waals surface area (Å²) in [4.78, 5) is 14.1. The molecule has 1 heterocycles. The summed E-state index contributed by atoms with van der Waals surface area (Å²) in [5.41, 5.74) is 0.718. The lowest BCUT2D eigenvalue weighted by molar-refractivity contribution is -0.133. The van der Waals surface area contributed by atoms with Gasteiger partial charge in [-0.25, -0.2) is 0 Å². The van der Waals surface area contributed by atoms with E-state index in [1.165, 1.54) is 25.5 Å². The average molecular weight is 250 g/mol. The third-order valence-corrected chi connectivity index (χ3v) is 4.11. The van der Waals surface area contributed by atoms with Gasteiger partial charge in [0.1, 0.15) is 6.26 Å². The van der Waals surface area contributed by atoms with Crippen LogP contribution in [0.3, 0.4) is 0 Å².